The molecule has 0 aliphatic carbocycles. The van der Waals surface area contributed by atoms with Gasteiger partial charge in [-0.2, -0.15) is 5.26 Å². The average molecular weight is 596 g/mol. The highest BCUT2D eigenvalue weighted by molar-refractivity contribution is 6.24. The molecule has 2 heteroatoms. The Morgan fingerprint density at radius 3 is 1.79 bits per heavy atom. The molecule has 0 bridgehead atoms. The molecule has 0 aromatic heterocycles. The number of benzene rings is 9. The molecule has 0 radical (unpaired) electrons. The van der Waals surface area contributed by atoms with Crippen LogP contribution in [0.2, 0.25) is 0 Å². The largest absolute Gasteiger partial charge is 0.456 e. The molecule has 0 saturated carbocycles. The van der Waals surface area contributed by atoms with Gasteiger partial charge in [0.1, 0.15) is 11.5 Å². The van der Waals surface area contributed by atoms with Crippen molar-refractivity contribution < 1.29 is 4.74 Å². The van der Waals surface area contributed by atoms with Gasteiger partial charge in [-0.15, -0.1) is 0 Å². The lowest BCUT2D eigenvalue weighted by atomic mass is 9.86. The Morgan fingerprint density at radius 1 is 0.383 bits per heavy atom. The van der Waals surface area contributed by atoms with Gasteiger partial charge < -0.3 is 4.74 Å². The lowest BCUT2D eigenvalue weighted by molar-refractivity contribution is 0.487. The molecule has 0 unspecified atom stereocenters. The van der Waals surface area contributed by atoms with E-state index in [4.69, 9.17) is 4.74 Å². The van der Waals surface area contributed by atoms with Gasteiger partial charge in [-0.3, -0.25) is 0 Å². The topological polar surface area (TPSA) is 33.0 Å². The molecule has 2 nitrogen and oxygen atoms in total. The molecule has 9 aromatic rings. The fraction of sp³-hybridized carbons (Fsp3) is 0. The zero-order valence-electron chi connectivity index (χ0n) is 25.3. The van der Waals surface area contributed by atoms with Crippen molar-refractivity contribution in [1.82, 2.24) is 0 Å². The van der Waals surface area contributed by atoms with Crippen LogP contribution in [0.5, 0.6) is 11.5 Å². The first-order valence-corrected chi connectivity index (χ1v) is 15.9. The minimum atomic E-state index is 0.660. The van der Waals surface area contributed by atoms with Gasteiger partial charge in [0.25, 0.3) is 0 Å². The van der Waals surface area contributed by atoms with Gasteiger partial charge in [0.2, 0.25) is 0 Å². The van der Waals surface area contributed by atoms with Crippen molar-refractivity contribution >= 4 is 53.9 Å². The van der Waals surface area contributed by atoms with Crippen molar-refractivity contribution in [2.45, 2.75) is 0 Å². The maximum Gasteiger partial charge on any atom is 0.136 e. The molecule has 47 heavy (non-hydrogen) atoms. The van der Waals surface area contributed by atoms with Gasteiger partial charge in [0, 0.05) is 16.3 Å². The summed E-state index contributed by atoms with van der Waals surface area (Å²) in [5.41, 5.74) is 7.57. The molecule has 0 atom stereocenters. The maximum absolute atomic E-state index is 9.72. The third-order valence-corrected chi connectivity index (χ3v) is 9.89. The second kappa shape index (κ2) is 9.78. The van der Waals surface area contributed by atoms with Crippen molar-refractivity contribution in [3.63, 3.8) is 0 Å². The van der Waals surface area contributed by atoms with Crippen molar-refractivity contribution in [1.29, 1.82) is 5.26 Å². The van der Waals surface area contributed by atoms with Crippen LogP contribution in [0.3, 0.4) is 0 Å². The summed E-state index contributed by atoms with van der Waals surface area (Å²) in [6.45, 7) is 0. The molecule has 1 aliphatic heterocycles. The SMILES string of the molecule is N#Cc1ccc2c3c(cccc13)-c1ccc(-c3cc4c5ccccc5c(-c5cccc6ccccc56)cc4c4ccccc34)cc1O2. The number of rotatable bonds is 2. The third kappa shape index (κ3) is 3.72. The van der Waals surface area contributed by atoms with Crippen LogP contribution in [0.1, 0.15) is 5.56 Å². The summed E-state index contributed by atoms with van der Waals surface area (Å²) in [5.74, 6) is 1.61. The van der Waals surface area contributed by atoms with E-state index in [2.05, 4.69) is 133 Å². The Hall–Kier alpha value is -6.43. The Balaban J connectivity index is 1.23. The number of fused-ring (bicyclic) bond motifs is 8. The van der Waals surface area contributed by atoms with E-state index in [1.165, 1.54) is 59.8 Å². The summed E-state index contributed by atoms with van der Waals surface area (Å²) in [5, 5.41) is 21.5. The number of ether oxygens (including phenoxy) is 1. The van der Waals surface area contributed by atoms with Crippen molar-refractivity contribution in [3.8, 4) is 50.9 Å². The Bertz CT molecular complexity index is 2830. The first-order chi connectivity index (χ1) is 23.3. The highest BCUT2D eigenvalue weighted by atomic mass is 16.5. The molecule has 9 aromatic carbocycles. The number of hydrogen-bond acceptors (Lipinski definition) is 2. The minimum Gasteiger partial charge on any atom is -0.456 e. The predicted molar refractivity (Wildman–Crippen MR) is 195 cm³/mol. The van der Waals surface area contributed by atoms with Crippen molar-refractivity contribution in [2.24, 2.45) is 0 Å². The Labute approximate surface area is 271 Å². The molecule has 0 amide bonds. The van der Waals surface area contributed by atoms with E-state index in [1.807, 2.05) is 24.3 Å². The quantitative estimate of drug-likeness (QED) is 0.186. The van der Waals surface area contributed by atoms with Gasteiger partial charge in [0.15, 0.2) is 0 Å². The fourth-order valence-electron chi connectivity index (χ4n) is 7.77. The van der Waals surface area contributed by atoms with Crippen LogP contribution in [0, 0.1) is 11.3 Å². The smallest absolute Gasteiger partial charge is 0.136 e. The molecule has 0 N–H and O–H groups in total. The molecule has 0 spiro atoms. The summed E-state index contributed by atoms with van der Waals surface area (Å²) in [4.78, 5) is 0. The highest BCUT2D eigenvalue weighted by Gasteiger charge is 2.23. The predicted octanol–water partition coefficient (Wildman–Crippen LogP) is 12.4. The summed E-state index contributed by atoms with van der Waals surface area (Å²) in [7, 11) is 0. The van der Waals surface area contributed by atoms with E-state index in [1.54, 1.807) is 0 Å². The first-order valence-electron chi connectivity index (χ1n) is 15.9. The number of nitrogens with zero attached hydrogens (tertiary/aromatic N) is 1. The molecule has 216 valence electrons. The van der Waals surface area contributed by atoms with E-state index >= 15 is 0 Å². The maximum atomic E-state index is 9.72. The van der Waals surface area contributed by atoms with Gasteiger partial charge in [-0.1, -0.05) is 115 Å². The molecule has 0 saturated heterocycles. The molecular formula is C45H25NO. The second-order valence-electron chi connectivity index (χ2n) is 12.3. The van der Waals surface area contributed by atoms with E-state index in [9.17, 15) is 5.26 Å². The van der Waals surface area contributed by atoms with Crippen LogP contribution in [0.25, 0.3) is 87.2 Å². The normalized spacial score (nSPS) is 12.0. The highest BCUT2D eigenvalue weighted by Crippen LogP contribution is 2.49. The molecule has 10 rings (SSSR count). The lowest BCUT2D eigenvalue weighted by Gasteiger charge is -2.23. The Kier molecular flexibility index (Phi) is 5.38. The summed E-state index contributed by atoms with van der Waals surface area (Å²) in [6, 6.07) is 56.4. The van der Waals surface area contributed by atoms with Gasteiger partial charge >= 0.3 is 0 Å². The van der Waals surface area contributed by atoms with Crippen LogP contribution in [0.4, 0.5) is 0 Å². The zero-order valence-corrected chi connectivity index (χ0v) is 25.3. The molecule has 1 heterocycles. The van der Waals surface area contributed by atoms with Crippen LogP contribution in [-0.2, 0) is 0 Å². The lowest BCUT2D eigenvalue weighted by Crippen LogP contribution is -1.98. The number of nitriles is 1. The van der Waals surface area contributed by atoms with Gasteiger partial charge in [0.05, 0.1) is 11.6 Å². The van der Waals surface area contributed by atoms with E-state index in [-0.39, 0.29) is 0 Å². The van der Waals surface area contributed by atoms with E-state index < -0.39 is 0 Å². The fourth-order valence-corrected chi connectivity index (χ4v) is 7.77. The molecule has 1 aliphatic rings. The first kappa shape index (κ1) is 25.9. The second-order valence-corrected chi connectivity index (χ2v) is 12.3. The minimum absolute atomic E-state index is 0.660. The molecular weight excluding hydrogens is 571 g/mol. The zero-order chi connectivity index (χ0) is 31.1. The monoisotopic (exact) mass is 595 g/mol. The van der Waals surface area contributed by atoms with Crippen LogP contribution >= 0.6 is 0 Å². The third-order valence-electron chi connectivity index (χ3n) is 9.89. The van der Waals surface area contributed by atoms with E-state index in [0.29, 0.717) is 5.56 Å². The summed E-state index contributed by atoms with van der Waals surface area (Å²) >= 11 is 0. The van der Waals surface area contributed by atoms with Crippen LogP contribution in [0.15, 0.2) is 152 Å². The number of hydrogen-bond donors (Lipinski definition) is 0. The van der Waals surface area contributed by atoms with Crippen LogP contribution < -0.4 is 4.74 Å². The molecule has 0 fully saturated rings. The standard InChI is InChI=1S/C45H25NO/c46-26-29-20-22-43-45-31(29)16-8-18-38(45)37-21-19-28(23-44(37)47-43)39-24-41-36-15-6-5-14-35(36)40(25-42(41)34-13-4-3-12-33(34)39)32-17-7-10-27-9-1-2-11-30(27)32/h1-25H. The van der Waals surface area contributed by atoms with Crippen molar-refractivity contribution in [2.75, 3.05) is 0 Å². The van der Waals surface area contributed by atoms with Gasteiger partial charge in [-0.25, -0.2) is 0 Å². The van der Waals surface area contributed by atoms with Crippen LogP contribution in [-0.4, -0.2) is 0 Å². The summed E-state index contributed by atoms with van der Waals surface area (Å²) in [6.07, 6.45) is 0. The van der Waals surface area contributed by atoms with E-state index in [0.717, 1.165) is 39.0 Å². The van der Waals surface area contributed by atoms with Crippen molar-refractivity contribution in [3.05, 3.63) is 157 Å². The summed E-state index contributed by atoms with van der Waals surface area (Å²) < 4.78 is 6.57. The average Bonchev–Trinajstić information content (AvgIpc) is 3.14. The van der Waals surface area contributed by atoms with Gasteiger partial charge in [-0.05, 0) is 107 Å². The Morgan fingerprint density at radius 2 is 1.00 bits per heavy atom.